The highest BCUT2D eigenvalue weighted by molar-refractivity contribution is 14.1. The van der Waals surface area contributed by atoms with Crippen LogP contribution in [0.25, 0.3) is 0 Å². The summed E-state index contributed by atoms with van der Waals surface area (Å²) in [6.07, 6.45) is 2.27. The molecule has 5 heteroatoms. The van der Waals surface area contributed by atoms with Gasteiger partial charge < -0.3 is 5.32 Å². The Morgan fingerprint density at radius 2 is 1.75 bits per heavy atom. The van der Waals surface area contributed by atoms with Crippen molar-refractivity contribution in [3.8, 4) is 0 Å². The smallest absolute Gasteiger partial charge is 0.136 e. The molecule has 3 heterocycles. The summed E-state index contributed by atoms with van der Waals surface area (Å²) in [4.78, 5) is 2.92. The van der Waals surface area contributed by atoms with Crippen LogP contribution >= 0.6 is 46.1 Å². The molecule has 0 amide bonds. The van der Waals surface area contributed by atoms with Crippen molar-refractivity contribution < 1.29 is 4.39 Å². The molecule has 1 nitrogen and oxygen atoms in total. The predicted molar refractivity (Wildman–Crippen MR) is 93.2 cm³/mol. The molecule has 0 aliphatic carbocycles. The lowest BCUT2D eigenvalue weighted by Crippen LogP contribution is -2.21. The van der Waals surface area contributed by atoms with Crippen molar-refractivity contribution in [3.05, 3.63) is 54.4 Å². The fourth-order valence-corrected chi connectivity index (χ4v) is 6.17. The molecule has 104 valence electrons. The molecule has 0 saturated heterocycles. The molecule has 1 aromatic carbocycles. The van der Waals surface area contributed by atoms with Crippen molar-refractivity contribution in [2.75, 3.05) is 11.5 Å². The van der Waals surface area contributed by atoms with E-state index in [0.29, 0.717) is 9.49 Å². The second-order valence-electron chi connectivity index (χ2n) is 5.11. The highest BCUT2D eigenvalue weighted by Crippen LogP contribution is 2.53. The van der Waals surface area contributed by atoms with Gasteiger partial charge in [-0.2, -0.15) is 0 Å². The maximum Gasteiger partial charge on any atom is 0.136 e. The van der Waals surface area contributed by atoms with Gasteiger partial charge >= 0.3 is 0 Å². The molecule has 0 radical (unpaired) electrons. The first-order chi connectivity index (χ1) is 9.74. The van der Waals surface area contributed by atoms with Gasteiger partial charge in [0.1, 0.15) is 5.82 Å². The van der Waals surface area contributed by atoms with Crippen LogP contribution in [0.4, 0.5) is 4.39 Å². The fraction of sp³-hybridized carbons (Fsp3) is 0.333. The highest BCUT2D eigenvalue weighted by Gasteiger charge is 2.36. The molecular formula is C15H13FINS2. The Labute approximate surface area is 140 Å². The summed E-state index contributed by atoms with van der Waals surface area (Å²) in [5.74, 6) is 2.55. The first-order valence-corrected chi connectivity index (χ1v) is 9.72. The van der Waals surface area contributed by atoms with Crippen molar-refractivity contribution in [2.45, 2.75) is 18.8 Å². The summed E-state index contributed by atoms with van der Waals surface area (Å²) < 4.78 is 14.3. The van der Waals surface area contributed by atoms with E-state index in [2.05, 4.69) is 27.9 Å². The molecule has 1 N–H and O–H groups in total. The van der Waals surface area contributed by atoms with Crippen molar-refractivity contribution in [1.82, 2.24) is 5.32 Å². The Morgan fingerprint density at radius 3 is 2.35 bits per heavy atom. The molecule has 0 bridgehead atoms. The lowest BCUT2D eigenvalue weighted by Gasteiger charge is -2.28. The minimum Gasteiger partial charge on any atom is -0.361 e. The number of thioether (sulfide) groups is 2. The number of hydrogen-bond acceptors (Lipinski definition) is 3. The third-order valence-electron chi connectivity index (χ3n) is 3.92. The van der Waals surface area contributed by atoms with Crippen LogP contribution in [0.1, 0.15) is 24.3 Å². The van der Waals surface area contributed by atoms with Crippen LogP contribution in [0, 0.1) is 9.39 Å². The average molecular weight is 417 g/mol. The molecule has 0 fully saturated rings. The zero-order valence-corrected chi connectivity index (χ0v) is 14.5. The van der Waals surface area contributed by atoms with Crippen molar-refractivity contribution in [1.29, 1.82) is 0 Å². The summed E-state index contributed by atoms with van der Waals surface area (Å²) in [5, 5.41) is 3.64. The van der Waals surface area contributed by atoms with E-state index in [1.807, 2.05) is 35.7 Å². The minimum atomic E-state index is -0.121. The number of benzene rings is 1. The van der Waals surface area contributed by atoms with Crippen LogP contribution in [0.2, 0.25) is 0 Å². The largest absolute Gasteiger partial charge is 0.361 e. The van der Waals surface area contributed by atoms with Crippen LogP contribution in [-0.4, -0.2) is 11.5 Å². The summed E-state index contributed by atoms with van der Waals surface area (Å²) in [7, 11) is 0. The van der Waals surface area contributed by atoms with Gasteiger partial charge in [-0.15, -0.1) is 23.5 Å². The molecule has 20 heavy (non-hydrogen) atoms. The molecule has 3 aliphatic heterocycles. The number of dihydropyridines is 1. The third kappa shape index (κ3) is 2.13. The molecule has 0 unspecified atom stereocenters. The number of halogens is 2. The summed E-state index contributed by atoms with van der Waals surface area (Å²) in [5.41, 5.74) is 4.04. The van der Waals surface area contributed by atoms with Crippen LogP contribution < -0.4 is 5.32 Å². The Morgan fingerprint density at radius 1 is 1.10 bits per heavy atom. The second kappa shape index (κ2) is 5.25. The molecule has 1 aromatic rings. The van der Waals surface area contributed by atoms with Crippen LogP contribution in [-0.2, 0) is 0 Å². The molecule has 0 spiro atoms. The molecule has 3 aliphatic rings. The van der Waals surface area contributed by atoms with Gasteiger partial charge in [0.2, 0.25) is 0 Å². The number of rotatable bonds is 1. The maximum absolute atomic E-state index is 13.5. The number of nitrogens with one attached hydrogen (secondary N) is 1. The van der Waals surface area contributed by atoms with Gasteiger partial charge in [-0.3, -0.25) is 0 Å². The second-order valence-corrected chi connectivity index (χ2v) is 8.55. The number of hydrogen-bond donors (Lipinski definition) is 1. The zero-order valence-electron chi connectivity index (χ0n) is 10.7. The first-order valence-electron chi connectivity index (χ1n) is 6.67. The Hall–Kier alpha value is -0.140. The Balaban J connectivity index is 1.83. The summed E-state index contributed by atoms with van der Waals surface area (Å²) >= 11 is 6.01. The average Bonchev–Trinajstić information content (AvgIpc) is 3.07. The summed E-state index contributed by atoms with van der Waals surface area (Å²) in [6.45, 7) is 0. The van der Waals surface area contributed by atoms with E-state index in [9.17, 15) is 4.39 Å². The van der Waals surface area contributed by atoms with Crippen molar-refractivity contribution in [2.24, 2.45) is 0 Å². The van der Waals surface area contributed by atoms with E-state index in [4.69, 9.17) is 0 Å². The quantitative estimate of drug-likeness (QED) is 0.659. The van der Waals surface area contributed by atoms with Crippen LogP contribution in [0.15, 0.2) is 39.4 Å². The van der Waals surface area contributed by atoms with Gasteiger partial charge in [0.15, 0.2) is 0 Å². The zero-order chi connectivity index (χ0) is 13.7. The van der Waals surface area contributed by atoms with Gasteiger partial charge in [-0.1, -0.05) is 6.07 Å². The van der Waals surface area contributed by atoms with E-state index in [0.717, 1.165) is 24.3 Å². The van der Waals surface area contributed by atoms with Crippen molar-refractivity contribution >= 4 is 46.1 Å². The first kappa shape index (κ1) is 13.5. The van der Waals surface area contributed by atoms with Gasteiger partial charge in [0.05, 0.1) is 0 Å². The van der Waals surface area contributed by atoms with Gasteiger partial charge in [0.25, 0.3) is 0 Å². The van der Waals surface area contributed by atoms with Crippen LogP contribution in [0.3, 0.4) is 0 Å². The number of allylic oxidation sites excluding steroid dienone is 4. The van der Waals surface area contributed by atoms with Crippen molar-refractivity contribution in [3.63, 3.8) is 0 Å². The maximum atomic E-state index is 13.5. The van der Waals surface area contributed by atoms with Gasteiger partial charge in [-0.25, -0.2) is 4.39 Å². The molecule has 0 saturated carbocycles. The van der Waals surface area contributed by atoms with Gasteiger partial charge in [-0.05, 0) is 53.1 Å². The fourth-order valence-electron chi connectivity index (χ4n) is 3.01. The van der Waals surface area contributed by atoms with Crippen LogP contribution in [0.5, 0.6) is 0 Å². The van der Waals surface area contributed by atoms with E-state index in [1.54, 1.807) is 6.07 Å². The minimum absolute atomic E-state index is 0.121. The molecule has 0 atom stereocenters. The third-order valence-corrected chi connectivity index (χ3v) is 7.15. The summed E-state index contributed by atoms with van der Waals surface area (Å²) in [6, 6.07) is 5.58. The van der Waals surface area contributed by atoms with E-state index in [-0.39, 0.29) is 5.82 Å². The Bertz CT molecular complexity index is 623. The molecular weight excluding hydrogens is 404 g/mol. The molecule has 4 rings (SSSR count). The lowest BCUT2D eigenvalue weighted by molar-refractivity contribution is 0.619. The highest BCUT2D eigenvalue weighted by atomic mass is 127. The van der Waals surface area contributed by atoms with E-state index < -0.39 is 0 Å². The SMILES string of the molecule is Fc1ccc(C2C3=C(CCS3)NC3=C2SCC3)cc1I. The standard InChI is InChI=1S/C15H13FINS2/c16-9-2-1-8(7-10(9)17)13-14-11(3-5-19-14)18-12-4-6-20-15(12)13/h1-2,7,13,18H,3-6H2. The lowest BCUT2D eigenvalue weighted by atomic mass is 9.93. The monoisotopic (exact) mass is 417 g/mol. The predicted octanol–water partition coefficient (Wildman–Crippen LogP) is 4.81. The Kier molecular flexibility index (Phi) is 3.55. The van der Waals surface area contributed by atoms with E-state index in [1.165, 1.54) is 26.8 Å². The van der Waals surface area contributed by atoms with E-state index >= 15 is 0 Å². The van der Waals surface area contributed by atoms with Gasteiger partial charge in [0, 0.05) is 42.2 Å². The molecule has 0 aromatic heterocycles. The topological polar surface area (TPSA) is 12.0 Å². The normalized spacial score (nSPS) is 22.1.